The van der Waals surface area contributed by atoms with Crippen LogP contribution >= 0.6 is 0 Å². The van der Waals surface area contributed by atoms with Crippen LogP contribution in [0.2, 0.25) is 0 Å². The van der Waals surface area contributed by atoms with Crippen LogP contribution in [0.15, 0.2) is 83.3 Å². The van der Waals surface area contributed by atoms with E-state index in [9.17, 15) is 9.59 Å². The smallest absolute Gasteiger partial charge is 0.416 e. The maximum absolute atomic E-state index is 12.8. The number of aromatic nitrogens is 1. The molecule has 0 atom stereocenters. The molecule has 0 spiro atoms. The fourth-order valence-corrected chi connectivity index (χ4v) is 3.75. The van der Waals surface area contributed by atoms with Crippen LogP contribution in [-0.4, -0.2) is 49.3 Å². The van der Waals surface area contributed by atoms with Gasteiger partial charge in [-0.05, 0) is 61.0 Å². The molecule has 39 heavy (non-hydrogen) atoms. The Hall–Kier alpha value is -4.79. The largest absolute Gasteiger partial charge is 0.497 e. The van der Waals surface area contributed by atoms with Crippen LogP contribution in [0.4, 0.5) is 4.79 Å². The van der Waals surface area contributed by atoms with Gasteiger partial charge in [-0.25, -0.2) is 9.78 Å². The summed E-state index contributed by atoms with van der Waals surface area (Å²) in [5.41, 5.74) is 2.55. The van der Waals surface area contributed by atoms with E-state index in [-0.39, 0.29) is 13.1 Å². The number of hydrogen-bond donors (Lipinski definition) is 0. The quantitative estimate of drug-likeness (QED) is 0.236. The lowest BCUT2D eigenvalue weighted by atomic mass is 10.2. The fourth-order valence-electron chi connectivity index (χ4n) is 3.75. The Bertz CT molecular complexity index is 1370. The molecule has 0 fully saturated rings. The molecule has 0 aliphatic heterocycles. The minimum absolute atomic E-state index is 0.143. The van der Waals surface area contributed by atoms with Gasteiger partial charge in [0.15, 0.2) is 0 Å². The first-order valence-electron chi connectivity index (χ1n) is 12.4. The molecule has 4 aromatic rings. The van der Waals surface area contributed by atoms with Gasteiger partial charge in [-0.2, -0.15) is 0 Å². The lowest BCUT2D eigenvalue weighted by Crippen LogP contribution is -2.37. The first-order valence-corrected chi connectivity index (χ1v) is 12.4. The Balaban J connectivity index is 1.33. The number of benzene rings is 3. The average Bonchev–Trinajstić information content (AvgIpc) is 3.34. The predicted molar refractivity (Wildman–Crippen MR) is 144 cm³/mol. The maximum atomic E-state index is 12.8. The van der Waals surface area contributed by atoms with Gasteiger partial charge >= 0.3 is 12.1 Å². The number of amides is 1. The SMILES string of the molecule is COC(=O)CN(Cc1ccc(OCCc2oc(-c3ccccc3)nc2C)cc1)C(=O)Oc1ccc(OC)cc1. The van der Waals surface area contributed by atoms with Gasteiger partial charge in [0, 0.05) is 18.5 Å². The second kappa shape index (κ2) is 13.1. The number of oxazole rings is 1. The first-order chi connectivity index (χ1) is 18.9. The molecule has 1 amide bonds. The Morgan fingerprint density at radius 2 is 1.54 bits per heavy atom. The molecule has 0 aliphatic rings. The zero-order valence-corrected chi connectivity index (χ0v) is 22.1. The van der Waals surface area contributed by atoms with Crippen molar-refractivity contribution in [3.05, 3.63) is 95.9 Å². The third kappa shape index (κ3) is 7.61. The average molecular weight is 531 g/mol. The number of ether oxygens (including phenoxy) is 4. The van der Waals surface area contributed by atoms with Gasteiger partial charge < -0.3 is 23.4 Å². The van der Waals surface area contributed by atoms with E-state index in [0.717, 1.165) is 22.6 Å². The van der Waals surface area contributed by atoms with E-state index in [1.54, 1.807) is 31.4 Å². The second-order valence-electron chi connectivity index (χ2n) is 8.61. The van der Waals surface area contributed by atoms with Gasteiger partial charge in [-0.3, -0.25) is 9.69 Å². The molecule has 202 valence electrons. The van der Waals surface area contributed by atoms with Gasteiger partial charge in [0.25, 0.3) is 0 Å². The number of carbonyl (C=O) groups excluding carboxylic acids is 2. The second-order valence-corrected chi connectivity index (χ2v) is 8.61. The summed E-state index contributed by atoms with van der Waals surface area (Å²) in [5.74, 6) is 2.45. The molecule has 0 N–H and O–H groups in total. The third-order valence-electron chi connectivity index (χ3n) is 5.88. The van der Waals surface area contributed by atoms with Crippen LogP contribution in [0.25, 0.3) is 11.5 Å². The van der Waals surface area contributed by atoms with E-state index < -0.39 is 12.1 Å². The highest BCUT2D eigenvalue weighted by Gasteiger charge is 2.20. The molecule has 0 saturated carbocycles. The van der Waals surface area contributed by atoms with Crippen molar-refractivity contribution in [1.82, 2.24) is 9.88 Å². The Morgan fingerprint density at radius 1 is 0.872 bits per heavy atom. The van der Waals surface area contributed by atoms with Crippen LogP contribution in [0.1, 0.15) is 17.0 Å². The van der Waals surface area contributed by atoms with Crippen molar-refractivity contribution in [2.75, 3.05) is 27.4 Å². The molecule has 4 rings (SSSR count). The fraction of sp³-hybridized carbons (Fsp3) is 0.233. The number of hydrogen-bond acceptors (Lipinski definition) is 8. The molecule has 9 nitrogen and oxygen atoms in total. The zero-order valence-electron chi connectivity index (χ0n) is 22.1. The van der Waals surface area contributed by atoms with Crippen molar-refractivity contribution in [3.8, 4) is 28.7 Å². The lowest BCUT2D eigenvalue weighted by molar-refractivity contribution is -0.141. The van der Waals surface area contributed by atoms with Crippen molar-refractivity contribution in [2.24, 2.45) is 0 Å². The zero-order chi connectivity index (χ0) is 27.6. The van der Waals surface area contributed by atoms with Crippen molar-refractivity contribution in [3.63, 3.8) is 0 Å². The summed E-state index contributed by atoms with van der Waals surface area (Å²) in [6.45, 7) is 2.21. The molecule has 0 aliphatic carbocycles. The molecule has 1 aromatic heterocycles. The molecule has 1 heterocycles. The van der Waals surface area contributed by atoms with Crippen molar-refractivity contribution in [1.29, 1.82) is 0 Å². The molecule has 0 bridgehead atoms. The maximum Gasteiger partial charge on any atom is 0.416 e. The van der Waals surface area contributed by atoms with Crippen molar-refractivity contribution >= 4 is 12.1 Å². The van der Waals surface area contributed by atoms with E-state index >= 15 is 0 Å². The van der Waals surface area contributed by atoms with Gasteiger partial charge in [0.05, 0.1) is 26.5 Å². The van der Waals surface area contributed by atoms with Crippen LogP contribution in [0, 0.1) is 6.92 Å². The Kier molecular flexibility index (Phi) is 9.18. The number of esters is 1. The molecular formula is C30H30N2O7. The summed E-state index contributed by atoms with van der Waals surface area (Å²) in [7, 11) is 2.82. The summed E-state index contributed by atoms with van der Waals surface area (Å²) in [6, 6.07) is 23.6. The number of methoxy groups -OCH3 is 2. The van der Waals surface area contributed by atoms with E-state index in [0.29, 0.717) is 36.2 Å². The molecule has 9 heteroatoms. The highest BCUT2D eigenvalue weighted by atomic mass is 16.6. The number of carbonyl (C=O) groups is 2. The molecule has 0 unspecified atom stereocenters. The van der Waals surface area contributed by atoms with E-state index in [1.165, 1.54) is 12.0 Å². The van der Waals surface area contributed by atoms with Crippen LogP contribution in [-0.2, 0) is 22.5 Å². The number of rotatable bonds is 11. The molecule has 0 radical (unpaired) electrons. The van der Waals surface area contributed by atoms with Gasteiger partial charge in [0.1, 0.15) is 29.6 Å². The third-order valence-corrected chi connectivity index (χ3v) is 5.88. The minimum Gasteiger partial charge on any atom is -0.497 e. The van der Waals surface area contributed by atoms with Crippen LogP contribution in [0.3, 0.4) is 0 Å². The van der Waals surface area contributed by atoms with Crippen molar-refractivity contribution < 1.29 is 33.0 Å². The highest BCUT2D eigenvalue weighted by Crippen LogP contribution is 2.23. The predicted octanol–water partition coefficient (Wildman–Crippen LogP) is 5.45. The Labute approximate surface area is 226 Å². The van der Waals surface area contributed by atoms with Gasteiger partial charge in [0.2, 0.25) is 5.89 Å². The summed E-state index contributed by atoms with van der Waals surface area (Å²) in [4.78, 5) is 30.5. The Morgan fingerprint density at radius 3 is 2.21 bits per heavy atom. The summed E-state index contributed by atoms with van der Waals surface area (Å²) >= 11 is 0. The number of nitrogens with zero attached hydrogens (tertiary/aromatic N) is 2. The van der Waals surface area contributed by atoms with E-state index in [1.807, 2.05) is 61.5 Å². The standard InChI is InChI=1S/C30H30N2O7/c1-21-27(39-29(31-21)23-7-5-4-6-8-23)17-18-37-25-11-9-22(10-12-25)19-32(20-28(33)36-3)30(34)38-26-15-13-24(35-2)14-16-26/h4-16H,17-20H2,1-3H3. The van der Waals surface area contributed by atoms with Crippen molar-refractivity contribution in [2.45, 2.75) is 19.9 Å². The normalized spacial score (nSPS) is 10.5. The van der Waals surface area contributed by atoms with Gasteiger partial charge in [-0.1, -0.05) is 30.3 Å². The van der Waals surface area contributed by atoms with E-state index in [2.05, 4.69) is 4.98 Å². The summed E-state index contributed by atoms with van der Waals surface area (Å²) < 4.78 is 27.1. The lowest BCUT2D eigenvalue weighted by Gasteiger charge is -2.21. The van der Waals surface area contributed by atoms with Crippen LogP contribution < -0.4 is 14.2 Å². The molecular weight excluding hydrogens is 500 g/mol. The monoisotopic (exact) mass is 530 g/mol. The minimum atomic E-state index is -0.678. The molecule has 0 saturated heterocycles. The van der Waals surface area contributed by atoms with Crippen LogP contribution in [0.5, 0.6) is 17.2 Å². The molecule has 3 aromatic carbocycles. The first kappa shape index (κ1) is 27.3. The topological polar surface area (TPSA) is 100 Å². The van der Waals surface area contributed by atoms with E-state index in [4.69, 9.17) is 23.4 Å². The highest BCUT2D eigenvalue weighted by molar-refractivity contribution is 5.79. The summed E-state index contributed by atoms with van der Waals surface area (Å²) in [5, 5.41) is 0. The number of aryl methyl sites for hydroxylation is 1. The van der Waals surface area contributed by atoms with Gasteiger partial charge in [-0.15, -0.1) is 0 Å². The summed E-state index contributed by atoms with van der Waals surface area (Å²) in [6.07, 6.45) is -0.111.